The molecule has 1 heterocycles. The highest BCUT2D eigenvalue weighted by Gasteiger charge is 2.39. The van der Waals surface area contributed by atoms with Crippen molar-refractivity contribution >= 4 is 33.8 Å². The minimum absolute atomic E-state index is 0.0505. The standard InChI is InChI=1S/C22H17ClFN3O2/c1-28-19-10-14-8-17-18(9-15(14)11-20(19)29-2)26-13-22(23,12-25)21(17)27(24)16-6-4-3-5-7-16/h3-11H,13H2,1-2H3. The van der Waals surface area contributed by atoms with Gasteiger partial charge in [-0.15, -0.1) is 0 Å². The van der Waals surface area contributed by atoms with Crippen LogP contribution in [0.15, 0.2) is 59.6 Å². The van der Waals surface area contributed by atoms with Crippen LogP contribution in [0.2, 0.25) is 0 Å². The maximum Gasteiger partial charge on any atom is 0.193 e. The smallest absolute Gasteiger partial charge is 0.193 e. The maximum atomic E-state index is 15.5. The Kier molecular flexibility index (Phi) is 4.77. The lowest BCUT2D eigenvalue weighted by atomic mass is 9.97. The molecule has 0 bridgehead atoms. The molecule has 1 aliphatic rings. The van der Waals surface area contributed by atoms with Gasteiger partial charge in [0.25, 0.3) is 0 Å². The summed E-state index contributed by atoms with van der Waals surface area (Å²) in [6.45, 7) is -0.0561. The van der Waals surface area contributed by atoms with Gasteiger partial charge in [0.05, 0.1) is 43.6 Å². The van der Waals surface area contributed by atoms with Gasteiger partial charge < -0.3 is 9.47 Å². The van der Waals surface area contributed by atoms with Crippen molar-refractivity contribution in [3.63, 3.8) is 0 Å². The maximum absolute atomic E-state index is 15.5. The third kappa shape index (κ3) is 3.14. The molecule has 0 N–H and O–H groups in total. The first kappa shape index (κ1) is 19.0. The molecular weight excluding hydrogens is 393 g/mol. The molecule has 146 valence electrons. The molecule has 7 heteroatoms. The average molecular weight is 410 g/mol. The topological polar surface area (TPSA) is 57.9 Å². The molecule has 0 radical (unpaired) electrons. The quantitative estimate of drug-likeness (QED) is 0.489. The van der Waals surface area contributed by atoms with Gasteiger partial charge in [-0.3, -0.25) is 4.99 Å². The van der Waals surface area contributed by atoms with Gasteiger partial charge >= 0.3 is 0 Å². The molecule has 0 spiro atoms. The number of fused-ring (bicyclic) bond motifs is 2. The summed E-state index contributed by atoms with van der Waals surface area (Å²) in [6, 6.07) is 17.7. The average Bonchev–Trinajstić information content (AvgIpc) is 2.77. The molecule has 1 atom stereocenters. The number of ether oxygens (including phenoxy) is 2. The van der Waals surface area contributed by atoms with E-state index < -0.39 is 4.87 Å². The van der Waals surface area contributed by atoms with E-state index in [1.54, 1.807) is 56.7 Å². The van der Waals surface area contributed by atoms with Crippen molar-refractivity contribution < 1.29 is 14.0 Å². The number of rotatable bonds is 4. The highest BCUT2D eigenvalue weighted by molar-refractivity contribution is 6.32. The fourth-order valence-corrected chi connectivity index (χ4v) is 3.69. The lowest BCUT2D eigenvalue weighted by molar-refractivity contribution is 0.356. The highest BCUT2D eigenvalue weighted by Crippen LogP contribution is 2.35. The zero-order valence-electron chi connectivity index (χ0n) is 15.8. The number of nitriles is 1. The first-order valence-corrected chi connectivity index (χ1v) is 9.25. The zero-order valence-corrected chi connectivity index (χ0v) is 16.6. The van der Waals surface area contributed by atoms with Crippen LogP contribution in [0, 0.1) is 11.3 Å². The van der Waals surface area contributed by atoms with E-state index in [-0.39, 0.29) is 17.9 Å². The van der Waals surface area contributed by atoms with Crippen molar-refractivity contribution in [3.05, 3.63) is 65.2 Å². The Balaban J connectivity index is 2.07. The molecule has 0 saturated heterocycles. The largest absolute Gasteiger partial charge is 0.493 e. The van der Waals surface area contributed by atoms with Gasteiger partial charge in [0.2, 0.25) is 0 Å². The summed E-state index contributed by atoms with van der Waals surface area (Å²) in [5, 5.41) is 12.8. The van der Waals surface area contributed by atoms with Crippen LogP contribution in [0.1, 0.15) is 0 Å². The Bertz CT molecular complexity index is 1260. The van der Waals surface area contributed by atoms with Gasteiger partial charge in [0.1, 0.15) is 0 Å². The molecule has 3 aromatic rings. The van der Waals surface area contributed by atoms with Gasteiger partial charge in [-0.25, -0.2) is 0 Å². The van der Waals surface area contributed by atoms with Crippen LogP contribution in [0.3, 0.4) is 0 Å². The molecule has 0 saturated carbocycles. The van der Waals surface area contributed by atoms with E-state index in [9.17, 15) is 5.26 Å². The number of nitrogens with zero attached hydrogens (tertiary/aromatic N) is 3. The van der Waals surface area contributed by atoms with Crippen LogP contribution in [0.5, 0.6) is 11.5 Å². The van der Waals surface area contributed by atoms with Crippen LogP contribution in [-0.2, 0) is 0 Å². The molecule has 0 amide bonds. The van der Waals surface area contributed by atoms with Gasteiger partial charge in [0, 0.05) is 5.22 Å². The molecule has 0 aromatic heterocycles. The fraction of sp³-hybridized carbons (Fsp3) is 0.182. The van der Waals surface area contributed by atoms with E-state index in [0.717, 1.165) is 10.8 Å². The molecule has 1 unspecified atom stereocenters. The third-order valence-corrected chi connectivity index (χ3v) is 5.29. The highest BCUT2D eigenvalue weighted by atomic mass is 35.5. The Morgan fingerprint density at radius 3 is 2.28 bits per heavy atom. The summed E-state index contributed by atoms with van der Waals surface area (Å²) >= 11 is 6.54. The summed E-state index contributed by atoms with van der Waals surface area (Å²) < 4.78 is 26.3. The molecule has 5 nitrogen and oxygen atoms in total. The van der Waals surface area contributed by atoms with Crippen molar-refractivity contribution in [2.45, 2.75) is 4.87 Å². The zero-order chi connectivity index (χ0) is 20.6. The monoisotopic (exact) mass is 409 g/mol. The number of anilines is 1. The van der Waals surface area contributed by atoms with Crippen molar-refractivity contribution in [1.29, 1.82) is 5.26 Å². The second-order valence-corrected chi connectivity index (χ2v) is 7.26. The summed E-state index contributed by atoms with van der Waals surface area (Å²) in [5.41, 5.74) is 0.331. The lowest BCUT2D eigenvalue weighted by Crippen LogP contribution is -2.46. The summed E-state index contributed by atoms with van der Waals surface area (Å²) in [7, 11) is 3.11. The minimum Gasteiger partial charge on any atom is -0.493 e. The number of hydrogen-bond acceptors (Lipinski definition) is 5. The second-order valence-electron chi connectivity index (χ2n) is 6.62. The molecule has 29 heavy (non-hydrogen) atoms. The predicted octanol–water partition coefficient (Wildman–Crippen LogP) is 3.49. The van der Waals surface area contributed by atoms with E-state index in [0.29, 0.717) is 27.2 Å². The Labute approximate surface area is 171 Å². The Hall–Kier alpha value is -3.30. The summed E-state index contributed by atoms with van der Waals surface area (Å²) in [5.74, 6) is 1.13. The molecule has 4 rings (SSSR count). The molecule has 0 fully saturated rings. The normalized spacial score (nSPS) is 17.8. The number of alkyl halides is 1. The first-order valence-electron chi connectivity index (χ1n) is 8.87. The van der Waals surface area contributed by atoms with Gasteiger partial charge in [-0.2, -0.15) is 10.4 Å². The summed E-state index contributed by atoms with van der Waals surface area (Å²) in [6.07, 6.45) is 0. The number of hydrogen-bond donors (Lipinski definition) is 0. The number of benzene rings is 3. The van der Waals surface area contributed by atoms with Gasteiger partial charge in [0.15, 0.2) is 16.4 Å². The van der Waals surface area contributed by atoms with Crippen molar-refractivity contribution in [1.82, 2.24) is 0 Å². The molecule has 3 aromatic carbocycles. The van der Waals surface area contributed by atoms with Crippen LogP contribution in [0.25, 0.3) is 16.5 Å². The van der Waals surface area contributed by atoms with Crippen LogP contribution in [-0.4, -0.2) is 25.6 Å². The van der Waals surface area contributed by atoms with Crippen molar-refractivity contribution in [3.8, 4) is 17.6 Å². The lowest BCUT2D eigenvalue weighted by Gasteiger charge is -2.28. The Morgan fingerprint density at radius 1 is 1.07 bits per heavy atom. The van der Waals surface area contributed by atoms with E-state index in [4.69, 9.17) is 21.1 Å². The van der Waals surface area contributed by atoms with Crippen LogP contribution >= 0.6 is 11.6 Å². The van der Waals surface area contributed by atoms with E-state index >= 15 is 4.48 Å². The minimum atomic E-state index is -1.62. The van der Waals surface area contributed by atoms with Gasteiger partial charge in [-0.1, -0.05) is 34.3 Å². The van der Waals surface area contributed by atoms with Crippen molar-refractivity contribution in [2.75, 3.05) is 25.9 Å². The number of para-hydroxylation sites is 1. The first-order chi connectivity index (χ1) is 14.0. The number of methoxy groups -OCH3 is 2. The van der Waals surface area contributed by atoms with E-state index in [2.05, 4.69) is 4.99 Å². The third-order valence-electron chi connectivity index (χ3n) is 4.91. The SMILES string of the molecule is COc1cc2cc3c(cc2cc1OC)=C(N(F)c1ccccc1)C(Cl)(C#N)CN=3. The van der Waals surface area contributed by atoms with E-state index in [1.807, 2.05) is 18.2 Å². The summed E-state index contributed by atoms with van der Waals surface area (Å²) in [4.78, 5) is 2.83. The molecule has 0 aliphatic carbocycles. The van der Waals surface area contributed by atoms with Crippen molar-refractivity contribution in [2.24, 2.45) is 4.99 Å². The fourth-order valence-electron chi connectivity index (χ4n) is 3.46. The Morgan fingerprint density at radius 2 is 1.69 bits per heavy atom. The molecule has 1 aliphatic heterocycles. The second kappa shape index (κ2) is 7.26. The number of halogens is 2. The van der Waals surface area contributed by atoms with Crippen LogP contribution < -0.4 is 25.2 Å². The van der Waals surface area contributed by atoms with Crippen LogP contribution in [0.4, 0.5) is 10.2 Å². The predicted molar refractivity (Wildman–Crippen MR) is 110 cm³/mol. The van der Waals surface area contributed by atoms with E-state index in [1.165, 1.54) is 0 Å². The molecular formula is C22H17ClFN3O2. The van der Waals surface area contributed by atoms with Gasteiger partial charge in [-0.05, 0) is 47.2 Å².